The van der Waals surface area contributed by atoms with Crippen LogP contribution in [0.1, 0.15) is 32.1 Å². The van der Waals surface area contributed by atoms with E-state index in [9.17, 15) is 0 Å². The summed E-state index contributed by atoms with van der Waals surface area (Å²) in [4.78, 5) is 6.85. The van der Waals surface area contributed by atoms with Gasteiger partial charge in [-0.25, -0.2) is 0 Å². The molecule has 0 radical (unpaired) electrons. The molecular weight excluding hydrogens is 188 g/mol. The molecule has 4 heteroatoms. The van der Waals surface area contributed by atoms with E-state index in [0.29, 0.717) is 18.0 Å². The van der Waals surface area contributed by atoms with Gasteiger partial charge in [-0.1, -0.05) is 12.8 Å². The molecule has 0 aromatic heterocycles. The molecular formula is C11H22N4. The van der Waals surface area contributed by atoms with Crippen LogP contribution in [0.2, 0.25) is 0 Å². The van der Waals surface area contributed by atoms with Gasteiger partial charge in [-0.15, -0.1) is 0 Å². The molecule has 0 aromatic carbocycles. The average Bonchev–Trinajstić information content (AvgIpc) is 2.77. The number of nitrogens with zero attached hydrogens (tertiary/aromatic N) is 2. The maximum Gasteiger partial charge on any atom is 0.189 e. The zero-order valence-corrected chi connectivity index (χ0v) is 9.58. The van der Waals surface area contributed by atoms with E-state index in [1.807, 2.05) is 0 Å². The monoisotopic (exact) mass is 210 g/mol. The highest BCUT2D eigenvalue weighted by molar-refractivity contribution is 5.78. The quantitative estimate of drug-likeness (QED) is 0.516. The molecule has 1 atom stereocenters. The molecule has 0 amide bonds. The van der Waals surface area contributed by atoms with Crippen molar-refractivity contribution in [2.75, 3.05) is 20.1 Å². The molecule has 2 aliphatic rings. The van der Waals surface area contributed by atoms with Gasteiger partial charge in [0.15, 0.2) is 5.96 Å². The molecule has 2 fully saturated rings. The highest BCUT2D eigenvalue weighted by Gasteiger charge is 2.20. The zero-order chi connectivity index (χ0) is 10.7. The summed E-state index contributed by atoms with van der Waals surface area (Å²) in [6.07, 6.45) is 6.23. The third kappa shape index (κ3) is 3.09. The summed E-state index contributed by atoms with van der Waals surface area (Å²) in [5, 5.41) is 3.32. The second-order valence-corrected chi connectivity index (χ2v) is 4.84. The second-order valence-electron chi connectivity index (χ2n) is 4.84. The summed E-state index contributed by atoms with van der Waals surface area (Å²) in [5.41, 5.74) is 5.90. The second kappa shape index (κ2) is 4.84. The third-order valence-electron chi connectivity index (χ3n) is 3.39. The van der Waals surface area contributed by atoms with Crippen molar-refractivity contribution in [3.63, 3.8) is 0 Å². The lowest BCUT2D eigenvalue weighted by Crippen LogP contribution is -2.41. The predicted molar refractivity (Wildman–Crippen MR) is 62.9 cm³/mol. The maximum atomic E-state index is 5.90. The normalized spacial score (nSPS) is 29.9. The highest BCUT2D eigenvalue weighted by Crippen LogP contribution is 2.20. The molecule has 1 unspecified atom stereocenters. The molecule has 4 nitrogen and oxygen atoms in total. The lowest BCUT2D eigenvalue weighted by molar-refractivity contribution is 0.407. The van der Waals surface area contributed by atoms with E-state index in [0.717, 1.165) is 13.1 Å². The van der Waals surface area contributed by atoms with Crippen LogP contribution in [-0.2, 0) is 0 Å². The Labute approximate surface area is 91.9 Å². The predicted octanol–water partition coefficient (Wildman–Crippen LogP) is 0.537. The van der Waals surface area contributed by atoms with Crippen LogP contribution in [0, 0.1) is 0 Å². The van der Waals surface area contributed by atoms with Gasteiger partial charge in [0, 0.05) is 12.6 Å². The topological polar surface area (TPSA) is 53.6 Å². The summed E-state index contributed by atoms with van der Waals surface area (Å²) < 4.78 is 0. The number of rotatable bonds is 2. The summed E-state index contributed by atoms with van der Waals surface area (Å²) in [6, 6.07) is 0.983. The van der Waals surface area contributed by atoms with Crippen LogP contribution < -0.4 is 11.1 Å². The van der Waals surface area contributed by atoms with Crippen molar-refractivity contribution in [2.45, 2.75) is 44.2 Å². The van der Waals surface area contributed by atoms with Crippen molar-refractivity contribution in [1.82, 2.24) is 10.2 Å². The largest absolute Gasteiger partial charge is 0.370 e. The van der Waals surface area contributed by atoms with Crippen molar-refractivity contribution < 1.29 is 0 Å². The van der Waals surface area contributed by atoms with E-state index in [1.54, 1.807) is 0 Å². The Morgan fingerprint density at radius 2 is 2.07 bits per heavy atom. The van der Waals surface area contributed by atoms with Crippen LogP contribution in [-0.4, -0.2) is 43.1 Å². The van der Waals surface area contributed by atoms with E-state index in [1.165, 1.54) is 32.1 Å². The molecule has 1 saturated carbocycles. The van der Waals surface area contributed by atoms with Crippen LogP contribution in [0.15, 0.2) is 4.99 Å². The number of hydrogen-bond acceptors (Lipinski definition) is 2. The zero-order valence-electron chi connectivity index (χ0n) is 9.58. The number of nitrogens with two attached hydrogens (primary N) is 1. The number of likely N-dealkylation sites (N-methyl/N-ethyl adjacent to an activating group) is 1. The minimum absolute atomic E-state index is 0.483. The molecule has 1 saturated heterocycles. The minimum atomic E-state index is 0.483. The number of hydrogen-bond donors (Lipinski definition) is 2. The number of guanidine groups is 1. The Morgan fingerprint density at radius 1 is 1.33 bits per heavy atom. The van der Waals surface area contributed by atoms with Gasteiger partial charge in [0.1, 0.15) is 0 Å². The molecule has 15 heavy (non-hydrogen) atoms. The van der Waals surface area contributed by atoms with Gasteiger partial charge < -0.3 is 16.0 Å². The Balaban J connectivity index is 1.78. The first-order valence-corrected chi connectivity index (χ1v) is 6.02. The van der Waals surface area contributed by atoms with Crippen molar-refractivity contribution in [3.8, 4) is 0 Å². The van der Waals surface area contributed by atoms with E-state index in [-0.39, 0.29) is 0 Å². The summed E-state index contributed by atoms with van der Waals surface area (Å²) in [7, 11) is 2.14. The van der Waals surface area contributed by atoms with Crippen LogP contribution in [0.4, 0.5) is 0 Å². The fourth-order valence-electron chi connectivity index (χ4n) is 2.53. The fourth-order valence-corrected chi connectivity index (χ4v) is 2.53. The molecule has 0 spiro atoms. The van der Waals surface area contributed by atoms with Gasteiger partial charge in [-0.3, -0.25) is 4.99 Å². The molecule has 0 bridgehead atoms. The molecule has 0 aromatic rings. The van der Waals surface area contributed by atoms with Gasteiger partial charge >= 0.3 is 0 Å². The Morgan fingerprint density at radius 3 is 2.67 bits per heavy atom. The summed E-state index contributed by atoms with van der Waals surface area (Å²) >= 11 is 0. The average molecular weight is 210 g/mol. The van der Waals surface area contributed by atoms with Crippen molar-refractivity contribution >= 4 is 5.96 Å². The van der Waals surface area contributed by atoms with Crippen molar-refractivity contribution in [3.05, 3.63) is 0 Å². The maximum absolute atomic E-state index is 5.90. The molecule has 1 aliphatic heterocycles. The molecule has 1 heterocycles. The minimum Gasteiger partial charge on any atom is -0.370 e. The van der Waals surface area contributed by atoms with Crippen LogP contribution in [0.25, 0.3) is 0 Å². The van der Waals surface area contributed by atoms with Gasteiger partial charge in [0.05, 0.1) is 6.04 Å². The first kappa shape index (κ1) is 10.7. The van der Waals surface area contributed by atoms with E-state index in [2.05, 4.69) is 22.3 Å². The van der Waals surface area contributed by atoms with Gasteiger partial charge in [-0.2, -0.15) is 0 Å². The fraction of sp³-hybridized carbons (Fsp3) is 0.909. The molecule has 1 aliphatic carbocycles. The number of likely N-dealkylation sites (tertiary alicyclic amines) is 1. The van der Waals surface area contributed by atoms with Gasteiger partial charge in [0.2, 0.25) is 0 Å². The van der Waals surface area contributed by atoms with Crippen molar-refractivity contribution in [1.29, 1.82) is 0 Å². The number of nitrogens with one attached hydrogen (secondary N) is 1. The lowest BCUT2D eigenvalue weighted by atomic mass is 10.2. The Kier molecular flexibility index (Phi) is 3.46. The van der Waals surface area contributed by atoms with E-state index < -0.39 is 0 Å². The van der Waals surface area contributed by atoms with Crippen LogP contribution >= 0.6 is 0 Å². The van der Waals surface area contributed by atoms with E-state index in [4.69, 9.17) is 5.73 Å². The Hall–Kier alpha value is -0.770. The number of aliphatic imine (C=N–C) groups is 1. The van der Waals surface area contributed by atoms with Crippen LogP contribution in [0.3, 0.4) is 0 Å². The van der Waals surface area contributed by atoms with Gasteiger partial charge in [0.25, 0.3) is 0 Å². The standard InChI is InChI=1S/C11H22N4/c1-15-7-6-10(8-15)14-11(12)13-9-4-2-3-5-9/h9-10H,2-8H2,1H3,(H3,12,13,14). The summed E-state index contributed by atoms with van der Waals surface area (Å²) in [6.45, 7) is 2.25. The molecule has 86 valence electrons. The highest BCUT2D eigenvalue weighted by atomic mass is 15.2. The first-order valence-electron chi connectivity index (χ1n) is 6.02. The lowest BCUT2D eigenvalue weighted by Gasteiger charge is -2.14. The van der Waals surface area contributed by atoms with Crippen LogP contribution in [0.5, 0.6) is 0 Å². The smallest absolute Gasteiger partial charge is 0.189 e. The van der Waals surface area contributed by atoms with Crippen molar-refractivity contribution in [2.24, 2.45) is 10.7 Å². The Bertz CT molecular complexity index is 233. The van der Waals surface area contributed by atoms with Gasteiger partial charge in [-0.05, 0) is 32.9 Å². The SMILES string of the molecule is CN1CCC(NC(N)=NC2CCCC2)C1. The summed E-state index contributed by atoms with van der Waals surface area (Å²) in [5.74, 6) is 0.655. The first-order chi connectivity index (χ1) is 7.24. The molecule has 3 N–H and O–H groups in total. The molecule has 2 rings (SSSR count). The third-order valence-corrected chi connectivity index (χ3v) is 3.39. The van der Waals surface area contributed by atoms with E-state index >= 15 is 0 Å².